The standard InChI is InChI=1S/C13H19FN2/c1-9-5-6-10(7-9)16-13-4-2-3-12(14)11(13)8-15/h2-4,9-10,16H,5-8,15H2,1H3. The average Bonchev–Trinajstić information content (AvgIpc) is 2.64. The van der Waals surface area contributed by atoms with Crippen LogP contribution in [-0.4, -0.2) is 6.04 Å². The van der Waals surface area contributed by atoms with Gasteiger partial charge in [0.15, 0.2) is 0 Å². The lowest BCUT2D eigenvalue weighted by Crippen LogP contribution is -2.17. The van der Waals surface area contributed by atoms with E-state index in [1.165, 1.54) is 25.3 Å². The van der Waals surface area contributed by atoms with Crippen molar-refractivity contribution in [3.8, 4) is 0 Å². The van der Waals surface area contributed by atoms with Crippen molar-refractivity contribution in [2.75, 3.05) is 5.32 Å². The van der Waals surface area contributed by atoms with Crippen molar-refractivity contribution >= 4 is 5.69 Å². The molecule has 2 unspecified atom stereocenters. The summed E-state index contributed by atoms with van der Waals surface area (Å²) in [6.45, 7) is 2.51. The SMILES string of the molecule is CC1CCC(Nc2cccc(F)c2CN)C1. The van der Waals surface area contributed by atoms with Crippen LogP contribution in [0.25, 0.3) is 0 Å². The topological polar surface area (TPSA) is 38.0 Å². The fourth-order valence-corrected chi connectivity index (χ4v) is 2.46. The summed E-state index contributed by atoms with van der Waals surface area (Å²) in [6.07, 6.45) is 3.59. The zero-order chi connectivity index (χ0) is 11.5. The molecular formula is C13H19FN2. The largest absolute Gasteiger partial charge is 0.382 e. The molecule has 1 aromatic rings. The molecule has 2 rings (SSSR count). The zero-order valence-corrected chi connectivity index (χ0v) is 9.67. The zero-order valence-electron chi connectivity index (χ0n) is 9.67. The Morgan fingerprint density at radius 2 is 2.25 bits per heavy atom. The summed E-state index contributed by atoms with van der Waals surface area (Å²) in [4.78, 5) is 0. The fraction of sp³-hybridized carbons (Fsp3) is 0.538. The molecule has 1 aromatic carbocycles. The van der Waals surface area contributed by atoms with Crippen LogP contribution in [0.5, 0.6) is 0 Å². The number of halogens is 1. The van der Waals surface area contributed by atoms with Gasteiger partial charge in [-0.05, 0) is 37.3 Å². The van der Waals surface area contributed by atoms with Crippen molar-refractivity contribution in [2.24, 2.45) is 11.7 Å². The monoisotopic (exact) mass is 222 g/mol. The molecular weight excluding hydrogens is 203 g/mol. The highest BCUT2D eigenvalue weighted by Crippen LogP contribution is 2.29. The number of nitrogens with one attached hydrogen (secondary N) is 1. The molecule has 1 aliphatic carbocycles. The summed E-state index contributed by atoms with van der Waals surface area (Å²) in [5.41, 5.74) is 7.03. The van der Waals surface area contributed by atoms with E-state index in [-0.39, 0.29) is 12.4 Å². The van der Waals surface area contributed by atoms with Crippen molar-refractivity contribution in [3.63, 3.8) is 0 Å². The van der Waals surface area contributed by atoms with Crippen molar-refractivity contribution in [3.05, 3.63) is 29.6 Å². The predicted octanol–water partition coefficient (Wildman–Crippen LogP) is 2.88. The van der Waals surface area contributed by atoms with Crippen molar-refractivity contribution in [2.45, 2.75) is 38.8 Å². The van der Waals surface area contributed by atoms with Gasteiger partial charge < -0.3 is 11.1 Å². The minimum atomic E-state index is -0.210. The maximum atomic E-state index is 13.5. The van der Waals surface area contributed by atoms with E-state index in [1.54, 1.807) is 6.07 Å². The molecule has 0 spiro atoms. The van der Waals surface area contributed by atoms with Gasteiger partial charge in [-0.3, -0.25) is 0 Å². The lowest BCUT2D eigenvalue weighted by molar-refractivity contribution is 0.599. The summed E-state index contributed by atoms with van der Waals surface area (Å²) >= 11 is 0. The van der Waals surface area contributed by atoms with Crippen LogP contribution >= 0.6 is 0 Å². The molecule has 0 saturated heterocycles. The van der Waals surface area contributed by atoms with Gasteiger partial charge in [-0.25, -0.2) is 4.39 Å². The Hall–Kier alpha value is -1.09. The Balaban J connectivity index is 2.12. The van der Waals surface area contributed by atoms with Gasteiger partial charge in [-0.1, -0.05) is 13.0 Å². The maximum Gasteiger partial charge on any atom is 0.129 e. The third-order valence-corrected chi connectivity index (χ3v) is 3.38. The molecule has 3 heteroatoms. The van der Waals surface area contributed by atoms with Crippen LogP contribution in [0.1, 0.15) is 31.7 Å². The lowest BCUT2D eigenvalue weighted by atomic mass is 10.1. The van der Waals surface area contributed by atoms with E-state index in [4.69, 9.17) is 5.73 Å². The molecule has 0 aromatic heterocycles. The first-order chi connectivity index (χ1) is 7.70. The number of hydrogen-bond acceptors (Lipinski definition) is 2. The molecule has 0 heterocycles. The second-order valence-corrected chi connectivity index (χ2v) is 4.73. The van der Waals surface area contributed by atoms with E-state index in [1.807, 2.05) is 6.07 Å². The molecule has 0 aliphatic heterocycles. The average molecular weight is 222 g/mol. The molecule has 0 bridgehead atoms. The molecule has 0 radical (unpaired) electrons. The Kier molecular flexibility index (Phi) is 3.44. The van der Waals surface area contributed by atoms with Crippen LogP contribution in [0.3, 0.4) is 0 Å². The highest BCUT2D eigenvalue weighted by molar-refractivity contribution is 5.52. The molecule has 1 saturated carbocycles. The smallest absolute Gasteiger partial charge is 0.129 e. The number of nitrogens with two attached hydrogens (primary N) is 1. The van der Waals surface area contributed by atoms with Crippen LogP contribution in [0.15, 0.2) is 18.2 Å². The molecule has 1 fully saturated rings. The molecule has 0 amide bonds. The maximum absolute atomic E-state index is 13.5. The minimum absolute atomic E-state index is 0.210. The van der Waals surface area contributed by atoms with Gasteiger partial charge >= 0.3 is 0 Å². The minimum Gasteiger partial charge on any atom is -0.382 e. The molecule has 2 nitrogen and oxygen atoms in total. The highest BCUT2D eigenvalue weighted by Gasteiger charge is 2.21. The highest BCUT2D eigenvalue weighted by atomic mass is 19.1. The predicted molar refractivity (Wildman–Crippen MR) is 64.7 cm³/mol. The summed E-state index contributed by atoms with van der Waals surface area (Å²) in [5, 5.41) is 3.41. The Morgan fingerprint density at radius 1 is 1.44 bits per heavy atom. The van der Waals surface area contributed by atoms with Crippen molar-refractivity contribution in [1.82, 2.24) is 0 Å². The Morgan fingerprint density at radius 3 is 2.88 bits per heavy atom. The number of benzene rings is 1. The van der Waals surface area contributed by atoms with Crippen LogP contribution in [0, 0.1) is 11.7 Å². The van der Waals surface area contributed by atoms with Gasteiger partial charge in [0.25, 0.3) is 0 Å². The van der Waals surface area contributed by atoms with E-state index < -0.39 is 0 Å². The number of rotatable bonds is 3. The summed E-state index contributed by atoms with van der Waals surface area (Å²) in [7, 11) is 0. The molecule has 16 heavy (non-hydrogen) atoms. The lowest BCUT2D eigenvalue weighted by Gasteiger charge is -2.17. The van der Waals surface area contributed by atoms with Crippen LogP contribution in [-0.2, 0) is 6.54 Å². The summed E-state index contributed by atoms with van der Waals surface area (Å²) in [6, 6.07) is 5.58. The van der Waals surface area contributed by atoms with Gasteiger partial charge in [0.05, 0.1) is 0 Å². The summed E-state index contributed by atoms with van der Waals surface area (Å²) < 4.78 is 13.5. The Labute approximate surface area is 96.0 Å². The van der Waals surface area contributed by atoms with Crippen LogP contribution < -0.4 is 11.1 Å². The fourth-order valence-electron chi connectivity index (χ4n) is 2.46. The Bertz CT molecular complexity index is 365. The van der Waals surface area contributed by atoms with Gasteiger partial charge in [-0.15, -0.1) is 0 Å². The van der Waals surface area contributed by atoms with Crippen molar-refractivity contribution in [1.29, 1.82) is 0 Å². The van der Waals surface area contributed by atoms with Gasteiger partial charge in [0, 0.05) is 23.8 Å². The van der Waals surface area contributed by atoms with E-state index in [0.29, 0.717) is 11.6 Å². The second kappa shape index (κ2) is 4.83. The van der Waals surface area contributed by atoms with E-state index in [9.17, 15) is 4.39 Å². The first-order valence-electron chi connectivity index (χ1n) is 5.94. The molecule has 88 valence electrons. The number of hydrogen-bond donors (Lipinski definition) is 2. The third kappa shape index (κ3) is 2.35. The van der Waals surface area contributed by atoms with Crippen LogP contribution in [0.2, 0.25) is 0 Å². The molecule has 1 aliphatic rings. The molecule has 3 N–H and O–H groups in total. The summed E-state index contributed by atoms with van der Waals surface area (Å²) in [5.74, 6) is 0.561. The molecule has 2 atom stereocenters. The van der Waals surface area contributed by atoms with E-state index in [2.05, 4.69) is 12.2 Å². The van der Waals surface area contributed by atoms with E-state index in [0.717, 1.165) is 11.6 Å². The van der Waals surface area contributed by atoms with Gasteiger partial charge in [0.2, 0.25) is 0 Å². The van der Waals surface area contributed by atoms with Crippen LogP contribution in [0.4, 0.5) is 10.1 Å². The van der Waals surface area contributed by atoms with Gasteiger partial charge in [-0.2, -0.15) is 0 Å². The van der Waals surface area contributed by atoms with E-state index >= 15 is 0 Å². The quantitative estimate of drug-likeness (QED) is 0.825. The first kappa shape index (κ1) is 11.4. The number of anilines is 1. The first-order valence-corrected chi connectivity index (χ1v) is 5.94. The van der Waals surface area contributed by atoms with Gasteiger partial charge in [0.1, 0.15) is 5.82 Å². The van der Waals surface area contributed by atoms with Crippen molar-refractivity contribution < 1.29 is 4.39 Å². The second-order valence-electron chi connectivity index (χ2n) is 4.73. The normalized spacial score (nSPS) is 24.7. The third-order valence-electron chi connectivity index (χ3n) is 3.38.